The molecule has 0 aliphatic carbocycles. The second kappa shape index (κ2) is 11.2. The summed E-state index contributed by atoms with van der Waals surface area (Å²) in [5, 5.41) is 9.95. The molecule has 0 spiro atoms. The second-order valence-corrected chi connectivity index (χ2v) is 4.70. The summed E-state index contributed by atoms with van der Waals surface area (Å²) in [6.45, 7) is 6.96. The number of esters is 2. The number of benzene rings is 1. The van der Waals surface area contributed by atoms with E-state index < -0.39 is 11.9 Å². The zero-order chi connectivity index (χ0) is 18.5. The van der Waals surface area contributed by atoms with Gasteiger partial charge < -0.3 is 20.2 Å². The van der Waals surface area contributed by atoms with Gasteiger partial charge in [-0.1, -0.05) is 55.6 Å². The van der Waals surface area contributed by atoms with Crippen molar-refractivity contribution in [3.63, 3.8) is 0 Å². The topological polar surface area (TPSA) is 88.5 Å². The van der Waals surface area contributed by atoms with Gasteiger partial charge in [0.15, 0.2) is 0 Å². The molecule has 1 aromatic carbocycles. The summed E-state index contributed by atoms with van der Waals surface area (Å²) >= 11 is 0. The van der Waals surface area contributed by atoms with Gasteiger partial charge in [0.05, 0.1) is 5.70 Å². The SMILES string of the molecule is C=CN/C(C=N)=C/C=C(\C=C)COC(=O)C(=O)OCc1ccccc1. The molecule has 6 heteroatoms. The van der Waals surface area contributed by atoms with Gasteiger partial charge in [0.1, 0.15) is 13.2 Å². The van der Waals surface area contributed by atoms with E-state index in [0.717, 1.165) is 11.8 Å². The minimum absolute atomic E-state index is 0.00240. The lowest BCUT2D eigenvalue weighted by Crippen LogP contribution is -2.21. The third-order valence-electron chi connectivity index (χ3n) is 2.91. The predicted molar refractivity (Wildman–Crippen MR) is 95.7 cm³/mol. The number of nitrogens with one attached hydrogen (secondary N) is 2. The number of rotatable bonds is 9. The van der Waals surface area contributed by atoms with Crippen molar-refractivity contribution in [2.24, 2.45) is 0 Å². The molecule has 0 aliphatic rings. The first-order valence-electron chi connectivity index (χ1n) is 7.39. The zero-order valence-electron chi connectivity index (χ0n) is 13.7. The van der Waals surface area contributed by atoms with Crippen LogP contribution in [0, 0.1) is 5.41 Å². The van der Waals surface area contributed by atoms with Crippen molar-refractivity contribution in [1.82, 2.24) is 5.32 Å². The molecule has 0 unspecified atom stereocenters. The highest BCUT2D eigenvalue weighted by atomic mass is 16.6. The molecule has 0 saturated carbocycles. The van der Waals surface area contributed by atoms with Gasteiger partial charge in [-0.15, -0.1) is 0 Å². The summed E-state index contributed by atoms with van der Waals surface area (Å²) in [6, 6.07) is 9.01. The summed E-state index contributed by atoms with van der Waals surface area (Å²) in [5.74, 6) is -2.14. The largest absolute Gasteiger partial charge is 0.452 e. The third-order valence-corrected chi connectivity index (χ3v) is 2.91. The van der Waals surface area contributed by atoms with Crippen molar-refractivity contribution in [2.75, 3.05) is 6.61 Å². The first kappa shape index (κ1) is 19.6. The maximum atomic E-state index is 11.6. The molecule has 0 heterocycles. The molecular weight excluding hydrogens is 320 g/mol. The van der Waals surface area contributed by atoms with Crippen LogP contribution in [0.1, 0.15) is 5.56 Å². The van der Waals surface area contributed by atoms with E-state index in [0.29, 0.717) is 11.3 Å². The van der Waals surface area contributed by atoms with Crippen LogP contribution in [0.5, 0.6) is 0 Å². The highest BCUT2D eigenvalue weighted by Crippen LogP contribution is 2.03. The van der Waals surface area contributed by atoms with Gasteiger partial charge in [-0.05, 0) is 23.4 Å². The van der Waals surface area contributed by atoms with Gasteiger partial charge in [-0.2, -0.15) is 0 Å². The first-order valence-corrected chi connectivity index (χ1v) is 7.39. The third kappa shape index (κ3) is 7.60. The fraction of sp³-hybridized carbons (Fsp3) is 0.105. The Morgan fingerprint density at radius 2 is 1.76 bits per heavy atom. The van der Waals surface area contributed by atoms with E-state index in [1.165, 1.54) is 12.3 Å². The summed E-state index contributed by atoms with van der Waals surface area (Å²) in [6.07, 6.45) is 7.21. The summed E-state index contributed by atoms with van der Waals surface area (Å²) in [4.78, 5) is 23.3. The lowest BCUT2D eigenvalue weighted by atomic mass is 10.2. The average molecular weight is 340 g/mol. The number of hydrogen-bond donors (Lipinski definition) is 2. The molecule has 25 heavy (non-hydrogen) atoms. The van der Waals surface area contributed by atoms with Crippen LogP contribution in [0.25, 0.3) is 0 Å². The molecule has 0 radical (unpaired) electrons. The molecule has 0 atom stereocenters. The lowest BCUT2D eigenvalue weighted by Gasteiger charge is -2.06. The molecule has 1 rings (SSSR count). The molecule has 0 amide bonds. The van der Waals surface area contributed by atoms with Crippen molar-refractivity contribution in [3.8, 4) is 0 Å². The van der Waals surface area contributed by atoms with Gasteiger partial charge in [0.2, 0.25) is 0 Å². The number of allylic oxidation sites excluding steroid dienone is 3. The first-order chi connectivity index (χ1) is 12.1. The van der Waals surface area contributed by atoms with E-state index in [-0.39, 0.29) is 13.2 Å². The molecule has 0 saturated heterocycles. The molecule has 6 nitrogen and oxygen atoms in total. The maximum Gasteiger partial charge on any atom is 0.417 e. The molecule has 130 valence electrons. The van der Waals surface area contributed by atoms with E-state index in [2.05, 4.69) is 18.5 Å². The lowest BCUT2D eigenvalue weighted by molar-refractivity contribution is -0.167. The molecule has 0 bridgehead atoms. The van der Waals surface area contributed by atoms with Gasteiger partial charge in [-0.3, -0.25) is 0 Å². The number of hydrogen-bond acceptors (Lipinski definition) is 6. The average Bonchev–Trinajstić information content (AvgIpc) is 2.65. The van der Waals surface area contributed by atoms with Crippen LogP contribution in [0.3, 0.4) is 0 Å². The van der Waals surface area contributed by atoms with Crippen molar-refractivity contribution in [3.05, 3.63) is 84.8 Å². The number of carbonyl (C=O) groups excluding carboxylic acids is 2. The van der Waals surface area contributed by atoms with Crippen LogP contribution < -0.4 is 5.32 Å². The van der Waals surface area contributed by atoms with E-state index in [9.17, 15) is 9.59 Å². The van der Waals surface area contributed by atoms with Crippen molar-refractivity contribution in [2.45, 2.75) is 6.61 Å². The van der Waals surface area contributed by atoms with E-state index in [4.69, 9.17) is 14.9 Å². The van der Waals surface area contributed by atoms with Gasteiger partial charge in [0, 0.05) is 6.21 Å². The fourth-order valence-corrected chi connectivity index (χ4v) is 1.62. The van der Waals surface area contributed by atoms with Gasteiger partial charge >= 0.3 is 11.9 Å². The Morgan fingerprint density at radius 1 is 1.08 bits per heavy atom. The Balaban J connectivity index is 2.51. The molecular formula is C19H20N2O4. The van der Waals surface area contributed by atoms with E-state index in [1.54, 1.807) is 36.4 Å². The van der Waals surface area contributed by atoms with Crippen LogP contribution in [0.15, 0.2) is 79.2 Å². The minimum Gasteiger partial charge on any atom is -0.452 e. The zero-order valence-corrected chi connectivity index (χ0v) is 13.7. The molecule has 0 aromatic heterocycles. The van der Waals surface area contributed by atoms with Crippen molar-refractivity contribution >= 4 is 18.2 Å². The molecule has 1 aromatic rings. The van der Waals surface area contributed by atoms with Crippen molar-refractivity contribution in [1.29, 1.82) is 5.41 Å². The van der Waals surface area contributed by atoms with Crippen LogP contribution in [-0.2, 0) is 25.7 Å². The Bertz CT molecular complexity index is 691. The van der Waals surface area contributed by atoms with Crippen LogP contribution in [0.2, 0.25) is 0 Å². The van der Waals surface area contributed by atoms with E-state index >= 15 is 0 Å². The van der Waals surface area contributed by atoms with Crippen LogP contribution in [-0.4, -0.2) is 24.8 Å². The summed E-state index contributed by atoms with van der Waals surface area (Å²) in [7, 11) is 0. The molecule has 0 fully saturated rings. The summed E-state index contributed by atoms with van der Waals surface area (Å²) in [5.41, 5.74) is 1.81. The normalized spacial score (nSPS) is 11.2. The standard InChI is InChI=1S/C19H20N2O4/c1-3-15(10-11-17(12-20)21-4-2)13-24-18(22)19(23)25-14-16-8-6-5-7-9-16/h3-12,20-21H,1-2,13-14H2/b15-10+,17-11+,20-12?. The number of ether oxygens (including phenoxy) is 2. The van der Waals surface area contributed by atoms with Gasteiger partial charge in [0.25, 0.3) is 0 Å². The van der Waals surface area contributed by atoms with Gasteiger partial charge in [-0.25, -0.2) is 9.59 Å². The Kier molecular flexibility index (Phi) is 8.78. The molecule has 0 aliphatic heterocycles. The predicted octanol–water partition coefficient (Wildman–Crippen LogP) is 2.65. The van der Waals surface area contributed by atoms with Crippen LogP contribution in [0.4, 0.5) is 0 Å². The monoisotopic (exact) mass is 340 g/mol. The Hall–Kier alpha value is -3.41. The van der Waals surface area contributed by atoms with E-state index in [1.807, 2.05) is 6.07 Å². The fourth-order valence-electron chi connectivity index (χ4n) is 1.62. The maximum absolute atomic E-state index is 11.6. The molecule has 2 N–H and O–H groups in total. The van der Waals surface area contributed by atoms with Crippen molar-refractivity contribution < 1.29 is 19.1 Å². The summed E-state index contributed by atoms with van der Waals surface area (Å²) < 4.78 is 9.77. The Morgan fingerprint density at radius 3 is 2.36 bits per heavy atom. The highest BCUT2D eigenvalue weighted by molar-refractivity contribution is 6.29. The second-order valence-electron chi connectivity index (χ2n) is 4.70. The number of carbonyl (C=O) groups is 2. The smallest absolute Gasteiger partial charge is 0.417 e. The van der Waals surface area contributed by atoms with Crippen LogP contribution >= 0.6 is 0 Å². The highest BCUT2D eigenvalue weighted by Gasteiger charge is 2.17. The quantitative estimate of drug-likeness (QED) is 0.312. The minimum atomic E-state index is -1.08. The Labute approximate surface area is 146 Å².